The second-order valence-corrected chi connectivity index (χ2v) is 7.89. The van der Waals surface area contributed by atoms with Crippen LogP contribution in [0.1, 0.15) is 5.56 Å². The molecular formula is C19H17Cl2FN4OS. The fourth-order valence-corrected chi connectivity index (χ4v) is 3.73. The van der Waals surface area contributed by atoms with Gasteiger partial charge < -0.3 is 9.47 Å². The minimum absolute atomic E-state index is 0.0773. The zero-order valence-corrected chi connectivity index (χ0v) is 17.5. The highest BCUT2D eigenvalue weighted by Gasteiger charge is 2.17. The fraction of sp³-hybridized carbons (Fsp3) is 0.211. The smallest absolute Gasteiger partial charge is 0.233 e. The summed E-state index contributed by atoms with van der Waals surface area (Å²) >= 11 is 13.2. The largest absolute Gasteiger partial charge is 0.341 e. The number of hydrogen-bond acceptors (Lipinski definition) is 4. The van der Waals surface area contributed by atoms with Crippen LogP contribution in [-0.2, 0) is 18.4 Å². The molecule has 28 heavy (non-hydrogen) atoms. The number of carbonyl (C=O) groups excluding carboxylic acids is 1. The first-order valence-corrected chi connectivity index (χ1v) is 10.1. The molecule has 1 heterocycles. The minimum atomic E-state index is -0.369. The van der Waals surface area contributed by atoms with E-state index in [1.807, 2.05) is 6.07 Å². The van der Waals surface area contributed by atoms with E-state index in [9.17, 15) is 9.18 Å². The molecule has 0 aliphatic rings. The minimum Gasteiger partial charge on any atom is -0.341 e. The van der Waals surface area contributed by atoms with Crippen LogP contribution in [0.4, 0.5) is 4.39 Å². The molecule has 0 spiro atoms. The summed E-state index contributed by atoms with van der Waals surface area (Å²) in [5.74, 6) is 0.150. The Morgan fingerprint density at radius 1 is 1.18 bits per heavy atom. The normalized spacial score (nSPS) is 10.9. The Labute approximate surface area is 176 Å². The fourth-order valence-electron chi connectivity index (χ4n) is 2.55. The number of nitrogens with zero attached hydrogens (tertiary/aromatic N) is 4. The molecule has 0 bridgehead atoms. The Bertz CT molecular complexity index is 1010. The molecule has 1 aromatic heterocycles. The molecule has 3 aromatic rings. The average Bonchev–Trinajstić information content (AvgIpc) is 3.03. The summed E-state index contributed by atoms with van der Waals surface area (Å²) in [6, 6.07) is 11.6. The average molecular weight is 439 g/mol. The molecule has 0 N–H and O–H groups in total. The van der Waals surface area contributed by atoms with Crippen LogP contribution in [0.3, 0.4) is 0 Å². The predicted octanol–water partition coefficient (Wildman–Crippen LogP) is 4.68. The van der Waals surface area contributed by atoms with Gasteiger partial charge in [0.15, 0.2) is 11.0 Å². The summed E-state index contributed by atoms with van der Waals surface area (Å²) in [5, 5.41) is 9.60. The maximum atomic E-state index is 14.0. The van der Waals surface area contributed by atoms with Crippen molar-refractivity contribution in [2.24, 2.45) is 7.05 Å². The van der Waals surface area contributed by atoms with Gasteiger partial charge in [0.2, 0.25) is 5.91 Å². The third-order valence-corrected chi connectivity index (χ3v) is 5.85. The van der Waals surface area contributed by atoms with Crippen molar-refractivity contribution in [3.8, 4) is 11.4 Å². The van der Waals surface area contributed by atoms with Crippen LogP contribution in [0.25, 0.3) is 11.4 Å². The van der Waals surface area contributed by atoms with Gasteiger partial charge in [0.25, 0.3) is 0 Å². The van der Waals surface area contributed by atoms with Gasteiger partial charge in [-0.05, 0) is 29.8 Å². The van der Waals surface area contributed by atoms with E-state index in [-0.39, 0.29) is 17.5 Å². The Kier molecular flexibility index (Phi) is 6.59. The van der Waals surface area contributed by atoms with E-state index in [4.69, 9.17) is 23.2 Å². The van der Waals surface area contributed by atoms with Gasteiger partial charge in [-0.25, -0.2) is 4.39 Å². The van der Waals surface area contributed by atoms with Crippen molar-refractivity contribution in [2.45, 2.75) is 11.7 Å². The van der Waals surface area contributed by atoms with Crippen LogP contribution in [0.15, 0.2) is 47.6 Å². The molecule has 9 heteroatoms. The molecule has 0 radical (unpaired) electrons. The summed E-state index contributed by atoms with van der Waals surface area (Å²) in [7, 11) is 3.46. The molecule has 0 fully saturated rings. The molecule has 0 aliphatic carbocycles. The molecule has 0 atom stereocenters. The van der Waals surface area contributed by atoms with Crippen molar-refractivity contribution < 1.29 is 9.18 Å². The van der Waals surface area contributed by atoms with Gasteiger partial charge in [-0.3, -0.25) is 4.79 Å². The SMILES string of the molecule is CN(Cc1ccc(Cl)c(Cl)c1)C(=O)CSc1nnc(-c2ccccc2F)n1C. The van der Waals surface area contributed by atoms with Gasteiger partial charge in [-0.1, -0.05) is 53.2 Å². The summed E-state index contributed by atoms with van der Waals surface area (Å²) in [5.41, 5.74) is 1.25. The Morgan fingerprint density at radius 2 is 1.93 bits per heavy atom. The number of amides is 1. The number of carbonyl (C=O) groups is 1. The van der Waals surface area contributed by atoms with Crippen LogP contribution in [-0.4, -0.2) is 38.4 Å². The van der Waals surface area contributed by atoms with Crippen LogP contribution in [0, 0.1) is 5.82 Å². The first kappa shape index (κ1) is 20.6. The van der Waals surface area contributed by atoms with Gasteiger partial charge in [0.05, 0.1) is 21.4 Å². The third kappa shape index (κ3) is 4.66. The monoisotopic (exact) mass is 438 g/mol. The second kappa shape index (κ2) is 8.94. The van der Waals surface area contributed by atoms with Crippen molar-refractivity contribution >= 4 is 40.9 Å². The van der Waals surface area contributed by atoms with Crippen LogP contribution in [0.5, 0.6) is 0 Å². The van der Waals surface area contributed by atoms with Gasteiger partial charge in [0, 0.05) is 20.6 Å². The quantitative estimate of drug-likeness (QED) is 0.524. The summed E-state index contributed by atoms with van der Waals surface area (Å²) in [6.07, 6.45) is 0. The van der Waals surface area contributed by atoms with E-state index in [2.05, 4.69) is 10.2 Å². The molecule has 5 nitrogen and oxygen atoms in total. The maximum absolute atomic E-state index is 14.0. The zero-order valence-electron chi connectivity index (χ0n) is 15.2. The summed E-state index contributed by atoms with van der Waals surface area (Å²) < 4.78 is 15.7. The molecule has 3 rings (SSSR count). The van der Waals surface area contributed by atoms with Crippen molar-refractivity contribution in [3.05, 3.63) is 63.9 Å². The number of rotatable bonds is 6. The molecule has 0 saturated heterocycles. The van der Waals surface area contributed by atoms with E-state index in [1.165, 1.54) is 17.8 Å². The lowest BCUT2D eigenvalue weighted by atomic mass is 10.2. The van der Waals surface area contributed by atoms with Crippen LogP contribution >= 0.6 is 35.0 Å². The summed E-state index contributed by atoms with van der Waals surface area (Å²) in [4.78, 5) is 14.0. The number of thioether (sulfide) groups is 1. The lowest BCUT2D eigenvalue weighted by molar-refractivity contribution is -0.127. The van der Waals surface area contributed by atoms with E-state index in [0.717, 1.165) is 5.56 Å². The highest BCUT2D eigenvalue weighted by atomic mass is 35.5. The van der Waals surface area contributed by atoms with Gasteiger partial charge >= 0.3 is 0 Å². The zero-order chi connectivity index (χ0) is 20.3. The number of aromatic nitrogens is 3. The van der Waals surface area contributed by atoms with Crippen molar-refractivity contribution in [1.29, 1.82) is 0 Å². The van der Waals surface area contributed by atoms with E-state index < -0.39 is 0 Å². The van der Waals surface area contributed by atoms with E-state index in [0.29, 0.717) is 33.1 Å². The van der Waals surface area contributed by atoms with E-state index >= 15 is 0 Å². The van der Waals surface area contributed by atoms with Gasteiger partial charge in [-0.15, -0.1) is 10.2 Å². The molecule has 0 saturated carbocycles. The van der Waals surface area contributed by atoms with Crippen molar-refractivity contribution in [3.63, 3.8) is 0 Å². The molecule has 146 valence electrons. The van der Waals surface area contributed by atoms with Crippen molar-refractivity contribution in [1.82, 2.24) is 19.7 Å². The number of hydrogen-bond donors (Lipinski definition) is 0. The van der Waals surface area contributed by atoms with Crippen LogP contribution in [0.2, 0.25) is 10.0 Å². The number of benzene rings is 2. The van der Waals surface area contributed by atoms with E-state index in [1.54, 1.807) is 53.9 Å². The molecule has 0 unspecified atom stereocenters. The van der Waals surface area contributed by atoms with Gasteiger partial charge in [0.1, 0.15) is 5.82 Å². The first-order valence-electron chi connectivity index (χ1n) is 8.32. The highest BCUT2D eigenvalue weighted by molar-refractivity contribution is 7.99. The topological polar surface area (TPSA) is 51.0 Å². The summed E-state index contributed by atoms with van der Waals surface area (Å²) in [6.45, 7) is 0.412. The molecule has 2 aromatic carbocycles. The molecular weight excluding hydrogens is 422 g/mol. The van der Waals surface area contributed by atoms with Gasteiger partial charge in [-0.2, -0.15) is 0 Å². The first-order chi connectivity index (χ1) is 13.4. The Morgan fingerprint density at radius 3 is 2.64 bits per heavy atom. The van der Waals surface area contributed by atoms with Crippen LogP contribution < -0.4 is 0 Å². The molecule has 1 amide bonds. The predicted molar refractivity (Wildman–Crippen MR) is 110 cm³/mol. The highest BCUT2D eigenvalue weighted by Crippen LogP contribution is 2.25. The molecule has 0 aliphatic heterocycles. The Balaban J connectivity index is 1.63. The maximum Gasteiger partial charge on any atom is 0.233 e. The third-order valence-electron chi connectivity index (χ3n) is 4.10. The lowest BCUT2D eigenvalue weighted by Gasteiger charge is -2.17. The van der Waals surface area contributed by atoms with Crippen molar-refractivity contribution in [2.75, 3.05) is 12.8 Å². The Hall–Kier alpha value is -2.09. The lowest BCUT2D eigenvalue weighted by Crippen LogP contribution is -2.27. The second-order valence-electron chi connectivity index (χ2n) is 6.13. The standard InChI is InChI=1S/C19H17Cl2FN4OS/c1-25(10-12-7-8-14(20)15(21)9-12)17(27)11-28-19-24-23-18(26(19)2)13-5-3-4-6-16(13)22/h3-9H,10-11H2,1-2H3. The number of halogens is 3.